The minimum atomic E-state index is -0.419. The van der Waals surface area contributed by atoms with E-state index in [-0.39, 0.29) is 18.1 Å². The second-order valence-corrected chi connectivity index (χ2v) is 3.44. The van der Waals surface area contributed by atoms with Gasteiger partial charge in [-0.15, -0.1) is 0 Å². The van der Waals surface area contributed by atoms with Gasteiger partial charge in [0.1, 0.15) is 18.4 Å². The molecule has 8 heteroatoms. The Balaban J connectivity index is 2.13. The molecule has 8 nitrogen and oxygen atoms in total. The summed E-state index contributed by atoms with van der Waals surface area (Å²) in [5.41, 5.74) is 0.450. The summed E-state index contributed by atoms with van der Waals surface area (Å²) in [6.07, 6.45) is 1.26. The zero-order valence-corrected chi connectivity index (χ0v) is 10.5. The molecule has 2 aromatic rings. The number of rotatable bonds is 5. The number of aromatic nitrogens is 4. The molecule has 0 aliphatic rings. The molecule has 0 saturated heterocycles. The van der Waals surface area contributed by atoms with Crippen LogP contribution in [0.15, 0.2) is 16.9 Å². The van der Waals surface area contributed by atoms with Crippen LogP contribution in [-0.2, 0) is 16.0 Å². The zero-order chi connectivity index (χ0) is 13.7. The SMILES string of the molecule is CCOC(=O)Cc1nc(-c2cc(OC)ncn2)no1. The van der Waals surface area contributed by atoms with Gasteiger partial charge in [-0.1, -0.05) is 5.16 Å². The van der Waals surface area contributed by atoms with Gasteiger partial charge in [-0.05, 0) is 6.92 Å². The van der Waals surface area contributed by atoms with Crippen LogP contribution in [0.4, 0.5) is 0 Å². The molecular formula is C11H12N4O4. The molecule has 0 unspecified atom stereocenters. The highest BCUT2D eigenvalue weighted by atomic mass is 16.5. The third-order valence-electron chi connectivity index (χ3n) is 2.15. The predicted octanol–water partition coefficient (Wildman–Crippen LogP) is 0.641. The van der Waals surface area contributed by atoms with Crippen LogP contribution in [0.25, 0.3) is 11.5 Å². The first-order valence-electron chi connectivity index (χ1n) is 5.57. The van der Waals surface area contributed by atoms with E-state index in [1.54, 1.807) is 13.0 Å². The van der Waals surface area contributed by atoms with E-state index < -0.39 is 5.97 Å². The smallest absolute Gasteiger partial charge is 0.315 e. The second-order valence-electron chi connectivity index (χ2n) is 3.44. The molecule has 0 spiro atoms. The monoisotopic (exact) mass is 264 g/mol. The first kappa shape index (κ1) is 12.9. The van der Waals surface area contributed by atoms with Gasteiger partial charge in [-0.2, -0.15) is 4.98 Å². The lowest BCUT2D eigenvalue weighted by molar-refractivity contribution is -0.142. The maximum absolute atomic E-state index is 11.3. The van der Waals surface area contributed by atoms with Gasteiger partial charge in [0.25, 0.3) is 0 Å². The summed E-state index contributed by atoms with van der Waals surface area (Å²) in [7, 11) is 1.49. The van der Waals surface area contributed by atoms with Gasteiger partial charge in [0, 0.05) is 6.07 Å². The molecule has 2 aromatic heterocycles. The van der Waals surface area contributed by atoms with E-state index >= 15 is 0 Å². The van der Waals surface area contributed by atoms with E-state index in [1.807, 2.05) is 0 Å². The zero-order valence-electron chi connectivity index (χ0n) is 10.5. The lowest BCUT2D eigenvalue weighted by Gasteiger charge is -1.98. The molecule has 0 aliphatic heterocycles. The van der Waals surface area contributed by atoms with E-state index in [9.17, 15) is 4.79 Å². The number of hydrogen-bond acceptors (Lipinski definition) is 8. The summed E-state index contributed by atoms with van der Waals surface area (Å²) in [5.74, 6) is 0.408. The molecule has 0 bridgehead atoms. The topological polar surface area (TPSA) is 100 Å². The molecule has 2 heterocycles. The van der Waals surface area contributed by atoms with E-state index in [1.165, 1.54) is 13.4 Å². The Hall–Kier alpha value is -2.51. The van der Waals surface area contributed by atoms with E-state index in [0.29, 0.717) is 18.2 Å². The Bertz CT molecular complexity index is 569. The summed E-state index contributed by atoms with van der Waals surface area (Å²) >= 11 is 0. The fourth-order valence-electron chi connectivity index (χ4n) is 1.34. The number of hydrogen-bond donors (Lipinski definition) is 0. The number of carbonyl (C=O) groups is 1. The molecule has 100 valence electrons. The van der Waals surface area contributed by atoms with Crippen molar-refractivity contribution < 1.29 is 18.8 Å². The van der Waals surface area contributed by atoms with Crippen molar-refractivity contribution >= 4 is 5.97 Å². The lowest BCUT2D eigenvalue weighted by atomic mass is 10.4. The van der Waals surface area contributed by atoms with Crippen molar-refractivity contribution in [2.24, 2.45) is 0 Å². The number of carbonyl (C=O) groups excluding carboxylic acids is 1. The van der Waals surface area contributed by atoms with Gasteiger partial charge < -0.3 is 14.0 Å². The lowest BCUT2D eigenvalue weighted by Crippen LogP contribution is -2.07. The van der Waals surface area contributed by atoms with Crippen LogP contribution in [0.1, 0.15) is 12.8 Å². The van der Waals surface area contributed by atoms with Crippen LogP contribution >= 0.6 is 0 Å². The molecule has 0 aromatic carbocycles. The van der Waals surface area contributed by atoms with Crippen LogP contribution in [-0.4, -0.2) is 39.8 Å². The van der Waals surface area contributed by atoms with Crippen molar-refractivity contribution in [2.75, 3.05) is 13.7 Å². The number of methoxy groups -OCH3 is 1. The molecule has 0 amide bonds. The third kappa shape index (κ3) is 3.24. The molecule has 0 N–H and O–H groups in total. The standard InChI is InChI=1S/C11H12N4O4/c1-3-18-10(16)5-9-14-11(15-19-9)7-4-8(17-2)13-6-12-7/h4,6H,3,5H2,1-2H3. The first-order chi connectivity index (χ1) is 9.22. The van der Waals surface area contributed by atoms with Crippen LogP contribution in [0.5, 0.6) is 5.88 Å². The summed E-state index contributed by atoms with van der Waals surface area (Å²) in [4.78, 5) is 23.2. The summed E-state index contributed by atoms with van der Waals surface area (Å²) < 4.78 is 14.7. The van der Waals surface area contributed by atoms with E-state index in [0.717, 1.165) is 0 Å². The van der Waals surface area contributed by atoms with Gasteiger partial charge >= 0.3 is 5.97 Å². The summed E-state index contributed by atoms with van der Waals surface area (Å²) in [6, 6.07) is 1.57. The van der Waals surface area contributed by atoms with Crippen molar-refractivity contribution in [1.29, 1.82) is 0 Å². The number of ether oxygens (including phenoxy) is 2. The van der Waals surface area contributed by atoms with Gasteiger partial charge in [0.15, 0.2) is 0 Å². The summed E-state index contributed by atoms with van der Waals surface area (Å²) in [6.45, 7) is 2.03. The van der Waals surface area contributed by atoms with Crippen molar-refractivity contribution in [1.82, 2.24) is 20.1 Å². The van der Waals surface area contributed by atoms with Crippen molar-refractivity contribution in [3.63, 3.8) is 0 Å². The van der Waals surface area contributed by atoms with Crippen molar-refractivity contribution in [2.45, 2.75) is 13.3 Å². The molecule has 0 saturated carbocycles. The van der Waals surface area contributed by atoms with E-state index in [4.69, 9.17) is 14.0 Å². The first-order valence-corrected chi connectivity index (χ1v) is 5.57. The van der Waals surface area contributed by atoms with Crippen LogP contribution in [0.3, 0.4) is 0 Å². The van der Waals surface area contributed by atoms with Gasteiger partial charge in [0.2, 0.25) is 17.6 Å². The Morgan fingerprint density at radius 1 is 1.42 bits per heavy atom. The largest absolute Gasteiger partial charge is 0.481 e. The minimum Gasteiger partial charge on any atom is -0.481 e. The minimum absolute atomic E-state index is 0.0664. The van der Waals surface area contributed by atoms with Crippen molar-refractivity contribution in [3.05, 3.63) is 18.3 Å². The Morgan fingerprint density at radius 2 is 2.26 bits per heavy atom. The highest BCUT2D eigenvalue weighted by Crippen LogP contribution is 2.16. The van der Waals surface area contributed by atoms with Gasteiger partial charge in [0.05, 0.1) is 13.7 Å². The maximum atomic E-state index is 11.3. The second kappa shape index (κ2) is 5.89. The molecule has 0 aliphatic carbocycles. The predicted molar refractivity (Wildman–Crippen MR) is 62.2 cm³/mol. The molecule has 19 heavy (non-hydrogen) atoms. The Morgan fingerprint density at radius 3 is 3.00 bits per heavy atom. The van der Waals surface area contributed by atoms with Gasteiger partial charge in [-0.25, -0.2) is 9.97 Å². The summed E-state index contributed by atoms with van der Waals surface area (Å²) in [5, 5.41) is 3.74. The Labute approximate surface area is 108 Å². The molecule has 0 atom stereocenters. The quantitative estimate of drug-likeness (QED) is 0.725. The highest BCUT2D eigenvalue weighted by Gasteiger charge is 2.14. The third-order valence-corrected chi connectivity index (χ3v) is 2.15. The fraction of sp³-hybridized carbons (Fsp3) is 0.364. The van der Waals surface area contributed by atoms with Crippen molar-refractivity contribution in [3.8, 4) is 17.4 Å². The molecule has 0 radical (unpaired) electrons. The number of esters is 1. The van der Waals surface area contributed by atoms with E-state index in [2.05, 4.69) is 20.1 Å². The fourth-order valence-corrected chi connectivity index (χ4v) is 1.34. The van der Waals surface area contributed by atoms with Crippen LogP contribution in [0, 0.1) is 0 Å². The average Bonchev–Trinajstić information content (AvgIpc) is 2.87. The molecule has 0 fully saturated rings. The molecular weight excluding hydrogens is 252 g/mol. The normalized spacial score (nSPS) is 10.2. The maximum Gasteiger partial charge on any atom is 0.315 e. The average molecular weight is 264 g/mol. The Kier molecular flexibility index (Phi) is 4.01. The van der Waals surface area contributed by atoms with Crippen LogP contribution in [0.2, 0.25) is 0 Å². The number of nitrogens with zero attached hydrogens (tertiary/aromatic N) is 4. The van der Waals surface area contributed by atoms with Crippen LogP contribution < -0.4 is 4.74 Å². The molecule has 2 rings (SSSR count). The highest BCUT2D eigenvalue weighted by molar-refractivity contribution is 5.71. The van der Waals surface area contributed by atoms with Gasteiger partial charge in [-0.3, -0.25) is 4.79 Å².